The number of aromatic amines is 1. The van der Waals surface area contributed by atoms with Crippen molar-refractivity contribution in [3.05, 3.63) is 35.9 Å². The van der Waals surface area contributed by atoms with Gasteiger partial charge in [-0.2, -0.15) is 5.10 Å². The number of benzene rings is 1. The Bertz CT molecular complexity index is 557. The van der Waals surface area contributed by atoms with Gasteiger partial charge in [-0.25, -0.2) is 4.98 Å². The molecule has 0 bridgehead atoms. The van der Waals surface area contributed by atoms with Crippen molar-refractivity contribution in [3.63, 3.8) is 0 Å². The van der Waals surface area contributed by atoms with E-state index in [9.17, 15) is 0 Å². The molecule has 112 valence electrons. The van der Waals surface area contributed by atoms with Crippen molar-refractivity contribution in [1.82, 2.24) is 20.5 Å². The zero-order chi connectivity index (χ0) is 14.3. The molecule has 1 aromatic carbocycles. The molecular formula is C15H20N4O2. The molecule has 0 amide bonds. The van der Waals surface area contributed by atoms with E-state index >= 15 is 0 Å². The number of hydrogen-bond acceptors (Lipinski definition) is 5. The van der Waals surface area contributed by atoms with Crippen LogP contribution in [0.5, 0.6) is 11.5 Å². The maximum absolute atomic E-state index is 5.69. The third kappa shape index (κ3) is 3.95. The Kier molecular flexibility index (Phi) is 4.68. The number of hydrogen-bond donors (Lipinski definition) is 2. The first-order valence-corrected chi connectivity index (χ1v) is 7.35. The molecule has 0 atom stereocenters. The lowest BCUT2D eigenvalue weighted by atomic mass is 10.2. The summed E-state index contributed by atoms with van der Waals surface area (Å²) in [5.41, 5.74) is 1.21. The van der Waals surface area contributed by atoms with Gasteiger partial charge in [-0.1, -0.05) is 6.07 Å². The first kappa shape index (κ1) is 13.9. The predicted octanol–water partition coefficient (Wildman–Crippen LogP) is 1.69. The molecule has 0 unspecified atom stereocenters. The standard InChI is InChI=1S/C15H20N4O2/c1(3-15-17-11-18-19-15)6-16-10-12-4-5-13-14(9-12)21-8-2-7-20-13/h4-5,9,11,16H,1-3,6-8,10H2,(H,17,18,19). The highest BCUT2D eigenvalue weighted by atomic mass is 16.5. The molecule has 2 aromatic rings. The first-order chi connectivity index (χ1) is 10.4. The Hall–Kier alpha value is -2.08. The summed E-state index contributed by atoms with van der Waals surface area (Å²) in [6, 6.07) is 6.13. The minimum Gasteiger partial charge on any atom is -0.490 e. The summed E-state index contributed by atoms with van der Waals surface area (Å²) in [6.07, 6.45) is 4.41. The van der Waals surface area contributed by atoms with Gasteiger partial charge in [0, 0.05) is 19.4 Å². The number of rotatable bonds is 6. The van der Waals surface area contributed by atoms with Crippen LogP contribution in [0.25, 0.3) is 0 Å². The van der Waals surface area contributed by atoms with Gasteiger partial charge in [0.2, 0.25) is 0 Å². The van der Waals surface area contributed by atoms with Crippen molar-refractivity contribution in [1.29, 1.82) is 0 Å². The molecule has 0 aliphatic carbocycles. The summed E-state index contributed by atoms with van der Waals surface area (Å²) in [6.45, 7) is 3.22. The van der Waals surface area contributed by atoms with Gasteiger partial charge < -0.3 is 14.8 Å². The fourth-order valence-corrected chi connectivity index (χ4v) is 2.28. The number of nitrogens with one attached hydrogen (secondary N) is 2. The van der Waals surface area contributed by atoms with E-state index in [2.05, 4.69) is 32.6 Å². The number of aryl methyl sites for hydroxylation is 1. The van der Waals surface area contributed by atoms with Crippen molar-refractivity contribution >= 4 is 0 Å². The third-order valence-corrected chi connectivity index (χ3v) is 3.37. The van der Waals surface area contributed by atoms with Crippen LogP contribution in [0.4, 0.5) is 0 Å². The Morgan fingerprint density at radius 2 is 2.10 bits per heavy atom. The second-order valence-electron chi connectivity index (χ2n) is 5.04. The van der Waals surface area contributed by atoms with Crippen LogP contribution < -0.4 is 14.8 Å². The molecule has 1 aliphatic heterocycles. The average molecular weight is 288 g/mol. The molecule has 0 saturated carbocycles. The van der Waals surface area contributed by atoms with Crippen molar-refractivity contribution in [2.24, 2.45) is 0 Å². The van der Waals surface area contributed by atoms with E-state index in [0.29, 0.717) is 0 Å². The van der Waals surface area contributed by atoms with Gasteiger partial charge in [0.25, 0.3) is 0 Å². The highest BCUT2D eigenvalue weighted by molar-refractivity contribution is 5.43. The molecule has 1 aromatic heterocycles. The maximum atomic E-state index is 5.69. The van der Waals surface area contributed by atoms with Gasteiger partial charge in [-0.05, 0) is 30.7 Å². The van der Waals surface area contributed by atoms with E-state index in [4.69, 9.17) is 9.47 Å². The predicted molar refractivity (Wildman–Crippen MR) is 78.5 cm³/mol. The molecular weight excluding hydrogens is 268 g/mol. The van der Waals surface area contributed by atoms with E-state index in [1.54, 1.807) is 6.33 Å². The van der Waals surface area contributed by atoms with E-state index in [1.165, 1.54) is 5.56 Å². The summed E-state index contributed by atoms with van der Waals surface area (Å²) < 4.78 is 11.3. The van der Waals surface area contributed by atoms with Crippen LogP contribution in [0.3, 0.4) is 0 Å². The van der Waals surface area contributed by atoms with Gasteiger partial charge in [-0.15, -0.1) is 0 Å². The van der Waals surface area contributed by atoms with Crippen LogP contribution in [-0.2, 0) is 13.0 Å². The van der Waals surface area contributed by atoms with Gasteiger partial charge in [-0.3, -0.25) is 5.10 Å². The van der Waals surface area contributed by atoms with Crippen LogP contribution in [0.15, 0.2) is 24.5 Å². The second kappa shape index (κ2) is 7.08. The summed E-state index contributed by atoms with van der Waals surface area (Å²) in [5, 5.41) is 10.1. The van der Waals surface area contributed by atoms with Crippen molar-refractivity contribution in [2.75, 3.05) is 19.8 Å². The van der Waals surface area contributed by atoms with Crippen LogP contribution in [0.1, 0.15) is 24.2 Å². The highest BCUT2D eigenvalue weighted by Gasteiger charge is 2.10. The Morgan fingerprint density at radius 3 is 2.95 bits per heavy atom. The summed E-state index contributed by atoms with van der Waals surface area (Å²) in [7, 11) is 0. The minimum atomic E-state index is 0.723. The molecule has 6 nitrogen and oxygen atoms in total. The third-order valence-electron chi connectivity index (χ3n) is 3.37. The number of aromatic nitrogens is 3. The summed E-state index contributed by atoms with van der Waals surface area (Å²) >= 11 is 0. The van der Waals surface area contributed by atoms with Crippen LogP contribution in [0, 0.1) is 0 Å². The van der Waals surface area contributed by atoms with Crippen LogP contribution in [-0.4, -0.2) is 34.9 Å². The quantitative estimate of drug-likeness (QED) is 0.791. The highest BCUT2D eigenvalue weighted by Crippen LogP contribution is 2.30. The van der Waals surface area contributed by atoms with E-state index in [-0.39, 0.29) is 0 Å². The van der Waals surface area contributed by atoms with Gasteiger partial charge in [0.05, 0.1) is 13.2 Å². The number of nitrogens with zero attached hydrogens (tertiary/aromatic N) is 2. The summed E-state index contributed by atoms with van der Waals surface area (Å²) in [4.78, 5) is 4.10. The van der Waals surface area contributed by atoms with Crippen molar-refractivity contribution < 1.29 is 9.47 Å². The lowest BCUT2D eigenvalue weighted by Crippen LogP contribution is -2.15. The minimum absolute atomic E-state index is 0.723. The smallest absolute Gasteiger partial charge is 0.161 e. The monoisotopic (exact) mass is 288 g/mol. The van der Waals surface area contributed by atoms with E-state index < -0.39 is 0 Å². The summed E-state index contributed by atoms with van der Waals surface area (Å²) in [5.74, 6) is 2.64. The molecule has 6 heteroatoms. The SMILES string of the molecule is c1n[nH]c(CCCNCc2ccc3c(c2)OCCCO3)n1. The number of fused-ring (bicyclic) bond motifs is 1. The number of ether oxygens (including phenoxy) is 2. The average Bonchev–Trinajstić information content (AvgIpc) is 2.91. The molecule has 3 rings (SSSR count). The second-order valence-corrected chi connectivity index (χ2v) is 5.04. The van der Waals surface area contributed by atoms with Crippen LogP contribution >= 0.6 is 0 Å². The molecule has 0 radical (unpaired) electrons. The molecule has 2 N–H and O–H groups in total. The zero-order valence-corrected chi connectivity index (χ0v) is 12.0. The Morgan fingerprint density at radius 1 is 1.19 bits per heavy atom. The van der Waals surface area contributed by atoms with Crippen molar-refractivity contribution in [2.45, 2.75) is 25.8 Å². The van der Waals surface area contributed by atoms with Crippen molar-refractivity contribution in [3.8, 4) is 11.5 Å². The van der Waals surface area contributed by atoms with Gasteiger partial charge >= 0.3 is 0 Å². The maximum Gasteiger partial charge on any atom is 0.161 e. The zero-order valence-electron chi connectivity index (χ0n) is 12.0. The topological polar surface area (TPSA) is 72.1 Å². The molecule has 0 spiro atoms. The van der Waals surface area contributed by atoms with Crippen LogP contribution in [0.2, 0.25) is 0 Å². The molecule has 21 heavy (non-hydrogen) atoms. The molecule has 0 fully saturated rings. The molecule has 1 aliphatic rings. The lowest BCUT2D eigenvalue weighted by molar-refractivity contribution is 0.297. The molecule has 0 saturated heterocycles. The Balaban J connectivity index is 1.44. The number of H-pyrrole nitrogens is 1. The molecule has 2 heterocycles. The van der Waals surface area contributed by atoms with Gasteiger partial charge in [0.1, 0.15) is 12.2 Å². The normalized spacial score (nSPS) is 13.9. The van der Waals surface area contributed by atoms with E-state index in [0.717, 1.165) is 62.9 Å². The first-order valence-electron chi connectivity index (χ1n) is 7.35. The lowest BCUT2D eigenvalue weighted by Gasteiger charge is -2.10. The van der Waals surface area contributed by atoms with E-state index in [1.807, 2.05) is 6.07 Å². The fraction of sp³-hybridized carbons (Fsp3) is 0.467. The largest absolute Gasteiger partial charge is 0.490 e. The Labute approximate surface area is 123 Å². The fourth-order valence-electron chi connectivity index (χ4n) is 2.28. The van der Waals surface area contributed by atoms with Gasteiger partial charge in [0.15, 0.2) is 11.5 Å².